The number of morpholine rings is 1. The molecule has 0 saturated carbocycles. The van der Waals surface area contributed by atoms with Crippen LogP contribution in [-0.4, -0.2) is 36.2 Å². The first-order chi connectivity index (χ1) is 12.8. The van der Waals surface area contributed by atoms with Crippen molar-refractivity contribution >= 4 is 0 Å². The molecule has 1 atom stereocenters. The summed E-state index contributed by atoms with van der Waals surface area (Å²) in [7, 11) is 0. The highest BCUT2D eigenvalue weighted by Gasteiger charge is 2.19. The summed E-state index contributed by atoms with van der Waals surface area (Å²) in [5.41, 5.74) is 6.29. The van der Waals surface area contributed by atoms with Crippen molar-refractivity contribution < 1.29 is 4.74 Å². The second kappa shape index (κ2) is 7.57. The van der Waals surface area contributed by atoms with Crippen LogP contribution in [0, 0.1) is 11.3 Å². The molecule has 0 N–H and O–H groups in total. The average molecular weight is 347 g/mol. The lowest BCUT2D eigenvalue weighted by Crippen LogP contribution is -2.37. The van der Waals surface area contributed by atoms with Gasteiger partial charge in [-0.25, -0.2) is 0 Å². The second-order valence-electron chi connectivity index (χ2n) is 7.26. The monoisotopic (exact) mass is 347 g/mol. The standard InChI is InChI=1S/C22H25N3O/c1-16(25-10-12-26-13-11-25)17-6-8-18(9-7-17)22-20(15-23)14-19-4-2-3-5-21(19)24-22/h6-9,14,16H,2-5,10-13H2,1H3/t16-/m0/s1. The van der Waals surface area contributed by atoms with E-state index in [2.05, 4.69) is 48.2 Å². The van der Waals surface area contributed by atoms with Gasteiger partial charge in [-0.1, -0.05) is 24.3 Å². The van der Waals surface area contributed by atoms with Crippen molar-refractivity contribution in [1.82, 2.24) is 9.88 Å². The Kier molecular flexibility index (Phi) is 5.01. The maximum atomic E-state index is 9.59. The number of benzene rings is 1. The molecule has 2 heterocycles. The first-order valence-electron chi connectivity index (χ1n) is 9.61. The minimum absolute atomic E-state index is 0.375. The molecule has 134 valence electrons. The number of hydrogen-bond acceptors (Lipinski definition) is 4. The first-order valence-corrected chi connectivity index (χ1v) is 9.61. The summed E-state index contributed by atoms with van der Waals surface area (Å²) in [5, 5.41) is 9.59. The smallest absolute Gasteiger partial charge is 0.101 e. The fourth-order valence-electron chi connectivity index (χ4n) is 4.03. The van der Waals surface area contributed by atoms with E-state index in [1.165, 1.54) is 29.7 Å². The van der Waals surface area contributed by atoms with E-state index >= 15 is 0 Å². The van der Waals surface area contributed by atoms with Crippen molar-refractivity contribution in [3.8, 4) is 17.3 Å². The van der Waals surface area contributed by atoms with E-state index in [1.54, 1.807) is 0 Å². The SMILES string of the molecule is C[C@@H](c1ccc(-c2nc3c(cc2C#N)CCCC3)cc1)N1CCOCC1. The molecule has 1 saturated heterocycles. The van der Waals surface area contributed by atoms with Crippen LogP contribution in [-0.2, 0) is 17.6 Å². The number of rotatable bonds is 3. The van der Waals surface area contributed by atoms with Crippen LogP contribution in [0.1, 0.15) is 48.2 Å². The van der Waals surface area contributed by atoms with E-state index in [1.807, 2.05) is 0 Å². The molecule has 0 unspecified atom stereocenters. The van der Waals surface area contributed by atoms with Crippen LogP contribution in [0.5, 0.6) is 0 Å². The van der Waals surface area contributed by atoms with Crippen molar-refractivity contribution in [2.45, 2.75) is 38.6 Å². The Balaban J connectivity index is 1.61. The molecule has 4 heteroatoms. The Morgan fingerprint density at radius 3 is 2.58 bits per heavy atom. The topological polar surface area (TPSA) is 49.2 Å². The molecular weight excluding hydrogens is 322 g/mol. The fraction of sp³-hybridized carbons (Fsp3) is 0.455. The Hall–Kier alpha value is -2.22. The van der Waals surface area contributed by atoms with Gasteiger partial charge in [-0.3, -0.25) is 9.88 Å². The molecule has 4 rings (SSSR count). The highest BCUT2D eigenvalue weighted by Crippen LogP contribution is 2.29. The van der Waals surface area contributed by atoms with E-state index in [0.29, 0.717) is 11.6 Å². The number of nitriles is 1. The summed E-state index contributed by atoms with van der Waals surface area (Å²) in [5.74, 6) is 0. The van der Waals surface area contributed by atoms with Crippen molar-refractivity contribution in [2.24, 2.45) is 0 Å². The summed E-state index contributed by atoms with van der Waals surface area (Å²) in [6, 6.07) is 13.4. The number of aromatic nitrogens is 1. The van der Waals surface area contributed by atoms with Crippen LogP contribution in [0.2, 0.25) is 0 Å². The van der Waals surface area contributed by atoms with Crippen molar-refractivity contribution in [1.29, 1.82) is 5.26 Å². The molecule has 0 amide bonds. The lowest BCUT2D eigenvalue weighted by atomic mass is 9.92. The van der Waals surface area contributed by atoms with Gasteiger partial charge in [-0.05, 0) is 49.8 Å². The minimum Gasteiger partial charge on any atom is -0.379 e. The molecule has 1 aliphatic heterocycles. The molecule has 0 radical (unpaired) electrons. The van der Waals surface area contributed by atoms with Gasteiger partial charge in [0.1, 0.15) is 6.07 Å². The Morgan fingerprint density at radius 2 is 1.85 bits per heavy atom. The summed E-state index contributed by atoms with van der Waals surface area (Å²) in [6.07, 6.45) is 4.47. The Bertz CT molecular complexity index is 817. The number of nitrogens with zero attached hydrogens (tertiary/aromatic N) is 3. The van der Waals surface area contributed by atoms with E-state index in [-0.39, 0.29) is 0 Å². The quantitative estimate of drug-likeness (QED) is 0.845. The highest BCUT2D eigenvalue weighted by atomic mass is 16.5. The third kappa shape index (κ3) is 3.38. The van der Waals surface area contributed by atoms with Crippen LogP contribution in [0.3, 0.4) is 0 Å². The maximum absolute atomic E-state index is 9.59. The first kappa shape index (κ1) is 17.2. The van der Waals surface area contributed by atoms with Gasteiger partial charge < -0.3 is 4.74 Å². The predicted octanol–water partition coefficient (Wildman–Crippen LogP) is 3.89. The lowest BCUT2D eigenvalue weighted by molar-refractivity contribution is 0.0198. The lowest BCUT2D eigenvalue weighted by Gasteiger charge is -2.32. The highest BCUT2D eigenvalue weighted by molar-refractivity contribution is 5.67. The Morgan fingerprint density at radius 1 is 1.12 bits per heavy atom. The molecule has 4 nitrogen and oxygen atoms in total. The van der Waals surface area contributed by atoms with Gasteiger partial charge in [0.05, 0.1) is 24.5 Å². The average Bonchev–Trinajstić information content (AvgIpc) is 2.73. The van der Waals surface area contributed by atoms with Gasteiger partial charge >= 0.3 is 0 Å². The van der Waals surface area contributed by atoms with E-state index < -0.39 is 0 Å². The maximum Gasteiger partial charge on any atom is 0.101 e. The molecule has 2 aliphatic rings. The van der Waals surface area contributed by atoms with Gasteiger partial charge in [0.25, 0.3) is 0 Å². The number of hydrogen-bond donors (Lipinski definition) is 0. The van der Waals surface area contributed by atoms with E-state index in [4.69, 9.17) is 9.72 Å². The summed E-state index contributed by atoms with van der Waals surface area (Å²) in [4.78, 5) is 7.32. The van der Waals surface area contributed by atoms with Gasteiger partial charge in [0.15, 0.2) is 0 Å². The summed E-state index contributed by atoms with van der Waals surface area (Å²) < 4.78 is 5.45. The largest absolute Gasteiger partial charge is 0.379 e. The van der Waals surface area contributed by atoms with Gasteiger partial charge in [0.2, 0.25) is 0 Å². The van der Waals surface area contributed by atoms with Crippen LogP contribution in [0.4, 0.5) is 0 Å². The molecule has 2 aromatic rings. The molecule has 26 heavy (non-hydrogen) atoms. The number of pyridine rings is 1. The molecule has 0 bridgehead atoms. The zero-order valence-electron chi connectivity index (χ0n) is 15.4. The summed E-state index contributed by atoms with van der Waals surface area (Å²) >= 11 is 0. The molecule has 1 aromatic carbocycles. The Labute approximate surface area is 155 Å². The normalized spacial score (nSPS) is 18.8. The summed E-state index contributed by atoms with van der Waals surface area (Å²) in [6.45, 7) is 5.83. The minimum atomic E-state index is 0.375. The second-order valence-corrected chi connectivity index (χ2v) is 7.26. The number of fused-ring (bicyclic) bond motifs is 1. The van der Waals surface area contributed by atoms with Crippen LogP contribution in [0.25, 0.3) is 11.3 Å². The van der Waals surface area contributed by atoms with Gasteiger partial charge in [0, 0.05) is 30.4 Å². The van der Waals surface area contributed by atoms with Gasteiger partial charge in [-0.15, -0.1) is 0 Å². The van der Waals surface area contributed by atoms with Crippen LogP contribution >= 0.6 is 0 Å². The molecule has 0 spiro atoms. The number of ether oxygens (including phenoxy) is 1. The third-order valence-corrected chi connectivity index (χ3v) is 5.68. The molecular formula is C22H25N3O. The molecule has 1 aliphatic carbocycles. The third-order valence-electron chi connectivity index (χ3n) is 5.68. The van der Waals surface area contributed by atoms with Gasteiger partial charge in [-0.2, -0.15) is 5.26 Å². The zero-order valence-corrected chi connectivity index (χ0v) is 15.4. The van der Waals surface area contributed by atoms with Crippen LogP contribution < -0.4 is 0 Å². The number of aryl methyl sites for hydroxylation is 2. The predicted molar refractivity (Wildman–Crippen MR) is 102 cm³/mol. The van der Waals surface area contributed by atoms with Crippen molar-refractivity contribution in [3.05, 3.63) is 52.7 Å². The van der Waals surface area contributed by atoms with Crippen LogP contribution in [0.15, 0.2) is 30.3 Å². The van der Waals surface area contributed by atoms with Crippen molar-refractivity contribution in [2.75, 3.05) is 26.3 Å². The van der Waals surface area contributed by atoms with E-state index in [9.17, 15) is 5.26 Å². The van der Waals surface area contributed by atoms with E-state index in [0.717, 1.165) is 50.4 Å². The van der Waals surface area contributed by atoms with Crippen molar-refractivity contribution in [3.63, 3.8) is 0 Å². The molecule has 1 aromatic heterocycles. The fourth-order valence-corrected chi connectivity index (χ4v) is 4.03. The molecule has 1 fully saturated rings. The zero-order chi connectivity index (χ0) is 17.9.